The Labute approximate surface area is 162 Å². The van der Waals surface area contributed by atoms with Crippen LogP contribution in [0.25, 0.3) is 11.5 Å². The SMILES string of the molecule is O=C(CCl)Nc1cccc(C(=O)Nc2nnc(-c3ccc([N+](=O)[O-])cc3)o2)c1. The van der Waals surface area contributed by atoms with Crippen molar-refractivity contribution in [3.8, 4) is 11.5 Å². The highest BCUT2D eigenvalue weighted by Gasteiger charge is 2.14. The van der Waals surface area contributed by atoms with Crippen LogP contribution >= 0.6 is 11.6 Å². The Hall–Kier alpha value is -3.79. The number of amides is 2. The van der Waals surface area contributed by atoms with E-state index in [1.165, 1.54) is 30.3 Å². The van der Waals surface area contributed by atoms with E-state index in [1.807, 2.05) is 0 Å². The molecule has 3 aromatic rings. The van der Waals surface area contributed by atoms with Crippen LogP contribution in [0.15, 0.2) is 52.9 Å². The summed E-state index contributed by atoms with van der Waals surface area (Å²) in [5.41, 5.74) is 1.06. The molecule has 2 amide bonds. The third-order valence-electron chi connectivity index (χ3n) is 3.50. The summed E-state index contributed by atoms with van der Waals surface area (Å²) < 4.78 is 5.36. The maximum Gasteiger partial charge on any atom is 0.322 e. The van der Waals surface area contributed by atoms with Gasteiger partial charge in [-0.1, -0.05) is 11.2 Å². The molecule has 0 atom stereocenters. The van der Waals surface area contributed by atoms with Gasteiger partial charge in [0, 0.05) is 28.9 Å². The normalized spacial score (nSPS) is 10.3. The third-order valence-corrected chi connectivity index (χ3v) is 3.74. The summed E-state index contributed by atoms with van der Waals surface area (Å²) in [5, 5.41) is 23.2. The number of nitrogens with zero attached hydrogens (tertiary/aromatic N) is 3. The van der Waals surface area contributed by atoms with Crippen molar-refractivity contribution >= 4 is 40.8 Å². The molecule has 2 aromatic carbocycles. The molecule has 11 heteroatoms. The summed E-state index contributed by atoms with van der Waals surface area (Å²) in [6, 6.07) is 11.6. The lowest BCUT2D eigenvalue weighted by Crippen LogP contribution is -2.15. The van der Waals surface area contributed by atoms with Gasteiger partial charge in [-0.05, 0) is 30.3 Å². The van der Waals surface area contributed by atoms with E-state index in [0.29, 0.717) is 11.3 Å². The van der Waals surface area contributed by atoms with Crippen LogP contribution < -0.4 is 10.6 Å². The average Bonchev–Trinajstić information content (AvgIpc) is 3.16. The van der Waals surface area contributed by atoms with Crippen LogP contribution in [0.3, 0.4) is 0 Å². The van der Waals surface area contributed by atoms with E-state index in [4.69, 9.17) is 16.0 Å². The molecule has 1 heterocycles. The Balaban J connectivity index is 1.71. The first-order valence-electron chi connectivity index (χ1n) is 7.82. The van der Waals surface area contributed by atoms with Gasteiger partial charge in [-0.2, -0.15) is 0 Å². The Bertz CT molecular complexity index is 1030. The molecule has 0 radical (unpaired) electrons. The number of halogens is 1. The van der Waals surface area contributed by atoms with Crippen LogP contribution in [-0.2, 0) is 4.79 Å². The topological polar surface area (TPSA) is 140 Å². The van der Waals surface area contributed by atoms with Crippen molar-refractivity contribution in [2.45, 2.75) is 0 Å². The van der Waals surface area contributed by atoms with Crippen LogP contribution in [0, 0.1) is 10.1 Å². The molecule has 0 fully saturated rings. The summed E-state index contributed by atoms with van der Waals surface area (Å²) in [6.07, 6.45) is 0. The van der Waals surface area contributed by atoms with E-state index in [0.717, 1.165) is 0 Å². The first-order valence-corrected chi connectivity index (χ1v) is 8.35. The van der Waals surface area contributed by atoms with Crippen molar-refractivity contribution < 1.29 is 18.9 Å². The second kappa shape index (κ2) is 8.27. The lowest BCUT2D eigenvalue weighted by molar-refractivity contribution is -0.384. The molecular formula is C17H12ClN5O5. The van der Waals surface area contributed by atoms with E-state index in [-0.39, 0.29) is 29.0 Å². The van der Waals surface area contributed by atoms with E-state index < -0.39 is 16.7 Å². The minimum absolute atomic E-state index is 0.0714. The summed E-state index contributed by atoms with van der Waals surface area (Å²) >= 11 is 5.44. The lowest BCUT2D eigenvalue weighted by atomic mass is 10.2. The van der Waals surface area contributed by atoms with Crippen molar-refractivity contribution in [3.63, 3.8) is 0 Å². The number of benzene rings is 2. The van der Waals surface area contributed by atoms with Gasteiger partial charge < -0.3 is 9.73 Å². The van der Waals surface area contributed by atoms with Crippen molar-refractivity contribution in [2.24, 2.45) is 0 Å². The molecule has 3 rings (SSSR count). The zero-order chi connectivity index (χ0) is 20.1. The minimum Gasteiger partial charge on any atom is -0.403 e. The van der Waals surface area contributed by atoms with E-state index in [1.54, 1.807) is 18.2 Å². The molecule has 142 valence electrons. The molecule has 0 aliphatic carbocycles. The van der Waals surface area contributed by atoms with Crippen LogP contribution in [0.2, 0.25) is 0 Å². The molecule has 10 nitrogen and oxygen atoms in total. The number of hydrogen-bond acceptors (Lipinski definition) is 7. The molecule has 0 saturated heterocycles. The second-order valence-corrected chi connectivity index (χ2v) is 5.70. The molecule has 0 bridgehead atoms. The minimum atomic E-state index is -0.527. The molecule has 0 aliphatic heterocycles. The number of anilines is 2. The van der Waals surface area contributed by atoms with Gasteiger partial charge in [0.2, 0.25) is 11.8 Å². The Kier molecular flexibility index (Phi) is 5.61. The highest BCUT2D eigenvalue weighted by Crippen LogP contribution is 2.23. The van der Waals surface area contributed by atoms with Gasteiger partial charge in [0.15, 0.2) is 0 Å². The highest BCUT2D eigenvalue weighted by molar-refractivity contribution is 6.29. The number of hydrogen-bond donors (Lipinski definition) is 2. The Morgan fingerprint density at radius 2 is 1.86 bits per heavy atom. The monoisotopic (exact) mass is 401 g/mol. The number of nitrogens with one attached hydrogen (secondary N) is 2. The van der Waals surface area contributed by atoms with Crippen molar-refractivity contribution in [2.75, 3.05) is 16.5 Å². The molecule has 0 aliphatic rings. The van der Waals surface area contributed by atoms with Gasteiger partial charge in [0.05, 0.1) is 4.92 Å². The molecular weight excluding hydrogens is 390 g/mol. The van der Waals surface area contributed by atoms with Crippen molar-refractivity contribution in [1.29, 1.82) is 0 Å². The predicted molar refractivity (Wildman–Crippen MR) is 100 cm³/mol. The van der Waals surface area contributed by atoms with Gasteiger partial charge in [0.1, 0.15) is 5.88 Å². The van der Waals surface area contributed by atoms with E-state index in [2.05, 4.69) is 20.8 Å². The molecule has 0 saturated carbocycles. The Morgan fingerprint density at radius 1 is 1.11 bits per heavy atom. The van der Waals surface area contributed by atoms with Gasteiger partial charge in [0.25, 0.3) is 11.6 Å². The maximum atomic E-state index is 12.3. The van der Waals surface area contributed by atoms with Gasteiger partial charge in [-0.3, -0.25) is 25.0 Å². The highest BCUT2D eigenvalue weighted by atomic mass is 35.5. The predicted octanol–water partition coefficient (Wildman–Crippen LogP) is 3.07. The molecule has 28 heavy (non-hydrogen) atoms. The number of non-ortho nitro benzene ring substituents is 1. The molecule has 1 aromatic heterocycles. The van der Waals surface area contributed by atoms with Gasteiger partial charge >= 0.3 is 6.01 Å². The number of nitro benzene ring substituents is 1. The molecule has 0 unspecified atom stereocenters. The number of alkyl halides is 1. The first kappa shape index (κ1) is 19.0. The lowest BCUT2D eigenvalue weighted by Gasteiger charge is -2.05. The number of rotatable bonds is 6. The fourth-order valence-corrected chi connectivity index (χ4v) is 2.28. The van der Waals surface area contributed by atoms with Crippen LogP contribution in [0.4, 0.5) is 17.4 Å². The zero-order valence-corrected chi connectivity index (χ0v) is 14.8. The standard InChI is InChI=1S/C17H12ClN5O5/c18-9-14(24)19-12-3-1-2-11(8-12)15(25)20-17-22-21-16(28-17)10-4-6-13(7-5-10)23(26)27/h1-8H,9H2,(H,19,24)(H,20,22,25). The maximum absolute atomic E-state index is 12.3. The van der Waals surface area contributed by atoms with Crippen molar-refractivity contribution in [1.82, 2.24) is 10.2 Å². The second-order valence-electron chi connectivity index (χ2n) is 5.43. The summed E-state index contributed by atoms with van der Waals surface area (Å²) in [5.74, 6) is -1.04. The average molecular weight is 402 g/mol. The van der Waals surface area contributed by atoms with E-state index >= 15 is 0 Å². The summed E-state index contributed by atoms with van der Waals surface area (Å²) in [7, 11) is 0. The van der Waals surface area contributed by atoms with Crippen molar-refractivity contribution in [3.05, 3.63) is 64.2 Å². The van der Waals surface area contributed by atoms with Crippen LogP contribution in [-0.4, -0.2) is 32.8 Å². The number of nitro groups is 1. The van der Waals surface area contributed by atoms with Gasteiger partial charge in [-0.25, -0.2) is 0 Å². The van der Waals surface area contributed by atoms with Crippen LogP contribution in [0.1, 0.15) is 10.4 Å². The fourth-order valence-electron chi connectivity index (χ4n) is 2.22. The molecule has 2 N–H and O–H groups in total. The van der Waals surface area contributed by atoms with Gasteiger partial charge in [-0.15, -0.1) is 16.7 Å². The quantitative estimate of drug-likeness (QED) is 0.367. The molecule has 0 spiro atoms. The first-order chi connectivity index (χ1) is 13.5. The zero-order valence-electron chi connectivity index (χ0n) is 14.1. The van der Waals surface area contributed by atoms with E-state index in [9.17, 15) is 19.7 Å². The largest absolute Gasteiger partial charge is 0.403 e. The number of carbonyl (C=O) groups excluding carboxylic acids is 2. The summed E-state index contributed by atoms with van der Waals surface area (Å²) in [6.45, 7) is 0. The summed E-state index contributed by atoms with van der Waals surface area (Å²) in [4.78, 5) is 33.8. The third kappa shape index (κ3) is 4.48. The Morgan fingerprint density at radius 3 is 2.54 bits per heavy atom. The smallest absolute Gasteiger partial charge is 0.322 e. The van der Waals surface area contributed by atoms with Crippen LogP contribution in [0.5, 0.6) is 0 Å². The number of carbonyl (C=O) groups is 2. The fraction of sp³-hybridized carbons (Fsp3) is 0.0588. The number of aromatic nitrogens is 2.